The number of nitrogens with one attached hydrogen (secondary N) is 1. The number of fused-ring (bicyclic) bond motifs is 1. The number of aromatic nitrogens is 4. The lowest BCUT2D eigenvalue weighted by Gasteiger charge is -2.20. The zero-order valence-corrected chi connectivity index (χ0v) is 16.3. The summed E-state index contributed by atoms with van der Waals surface area (Å²) in [6.45, 7) is 6.61. The van der Waals surface area contributed by atoms with Crippen LogP contribution < -0.4 is 10.9 Å². The van der Waals surface area contributed by atoms with Crippen molar-refractivity contribution in [2.45, 2.75) is 39.8 Å². The lowest BCUT2D eigenvalue weighted by atomic mass is 10.0. The Bertz CT molecular complexity index is 975. The fraction of sp³-hybridized carbons (Fsp3) is 0.450. The highest BCUT2D eigenvalue weighted by atomic mass is 16.3. The second kappa shape index (κ2) is 7.92. The monoisotopic (exact) mass is 369 g/mol. The van der Waals surface area contributed by atoms with E-state index in [9.17, 15) is 9.90 Å². The van der Waals surface area contributed by atoms with Crippen molar-refractivity contribution >= 4 is 17.1 Å². The molecule has 0 aliphatic carbocycles. The molecule has 0 fully saturated rings. The molecule has 0 aliphatic rings. The number of hydrogen-bond donors (Lipinski definition) is 2. The predicted octanol–water partition coefficient (Wildman–Crippen LogP) is 2.31. The van der Waals surface area contributed by atoms with Gasteiger partial charge in [0.25, 0.3) is 5.56 Å². The minimum atomic E-state index is -0.159. The zero-order valence-electron chi connectivity index (χ0n) is 16.3. The number of hydrogen-bond acceptors (Lipinski definition) is 5. The number of aliphatic hydroxyl groups is 1. The lowest BCUT2D eigenvalue weighted by Crippen LogP contribution is -2.31. The van der Waals surface area contributed by atoms with Crippen molar-refractivity contribution < 1.29 is 5.11 Å². The molecule has 0 bridgehead atoms. The summed E-state index contributed by atoms with van der Waals surface area (Å²) in [5.74, 6) is 1.59. The third kappa shape index (κ3) is 4.03. The quantitative estimate of drug-likeness (QED) is 0.668. The maximum Gasteiger partial charge on any atom is 0.280 e. The summed E-state index contributed by atoms with van der Waals surface area (Å²) >= 11 is 0. The van der Waals surface area contributed by atoms with Crippen molar-refractivity contribution in [3.8, 4) is 0 Å². The van der Waals surface area contributed by atoms with Gasteiger partial charge in [-0.2, -0.15) is 4.98 Å². The van der Waals surface area contributed by atoms with Crippen molar-refractivity contribution in [3.05, 3.63) is 52.1 Å². The van der Waals surface area contributed by atoms with Gasteiger partial charge in [-0.1, -0.05) is 44.2 Å². The maximum absolute atomic E-state index is 13.0. The van der Waals surface area contributed by atoms with Gasteiger partial charge in [-0.25, -0.2) is 4.98 Å². The molecule has 0 spiro atoms. The van der Waals surface area contributed by atoms with Crippen molar-refractivity contribution in [2.75, 3.05) is 11.9 Å². The second-order valence-electron chi connectivity index (χ2n) is 7.36. The van der Waals surface area contributed by atoms with E-state index in [1.54, 1.807) is 7.05 Å². The molecule has 1 aromatic carbocycles. The number of rotatable bonds is 7. The van der Waals surface area contributed by atoms with Gasteiger partial charge in [0.15, 0.2) is 11.2 Å². The van der Waals surface area contributed by atoms with Crippen LogP contribution >= 0.6 is 0 Å². The molecule has 3 aromatic rings. The van der Waals surface area contributed by atoms with E-state index in [0.717, 1.165) is 17.8 Å². The molecular formula is C20H27N5O2. The van der Waals surface area contributed by atoms with Gasteiger partial charge in [-0.05, 0) is 24.8 Å². The Morgan fingerprint density at radius 1 is 1.19 bits per heavy atom. The summed E-state index contributed by atoms with van der Waals surface area (Å²) in [5, 5.41) is 12.8. The van der Waals surface area contributed by atoms with Crippen LogP contribution in [-0.4, -0.2) is 36.9 Å². The normalized spacial score (nSPS) is 12.7. The number of aliphatic hydroxyl groups excluding tert-OH is 1. The van der Waals surface area contributed by atoms with Crippen LogP contribution in [0.25, 0.3) is 11.2 Å². The van der Waals surface area contributed by atoms with E-state index in [2.05, 4.69) is 29.1 Å². The van der Waals surface area contributed by atoms with Crippen LogP contribution in [0.5, 0.6) is 0 Å². The van der Waals surface area contributed by atoms with Crippen LogP contribution in [0.2, 0.25) is 0 Å². The number of anilines is 1. The highest BCUT2D eigenvalue weighted by molar-refractivity contribution is 5.72. The van der Waals surface area contributed by atoms with Crippen molar-refractivity contribution in [1.29, 1.82) is 0 Å². The molecule has 2 aromatic heterocycles. The van der Waals surface area contributed by atoms with E-state index in [4.69, 9.17) is 0 Å². The van der Waals surface area contributed by atoms with E-state index < -0.39 is 0 Å². The summed E-state index contributed by atoms with van der Waals surface area (Å²) < 4.78 is 3.40. The molecule has 0 amide bonds. The number of benzene rings is 1. The molecule has 7 nitrogen and oxygen atoms in total. The third-order valence-corrected chi connectivity index (χ3v) is 4.67. The Kier molecular flexibility index (Phi) is 5.60. The smallest absolute Gasteiger partial charge is 0.280 e. The van der Waals surface area contributed by atoms with Gasteiger partial charge >= 0.3 is 0 Å². The van der Waals surface area contributed by atoms with E-state index >= 15 is 0 Å². The SMILES string of the molecule is Cc1nc2nc(NC(CO)CC(C)C)n(C)c(=O)c2n1Cc1ccccc1. The van der Waals surface area contributed by atoms with Crippen molar-refractivity contribution in [2.24, 2.45) is 13.0 Å². The molecule has 0 aliphatic heterocycles. The van der Waals surface area contributed by atoms with Gasteiger partial charge in [0.05, 0.1) is 12.6 Å². The van der Waals surface area contributed by atoms with Gasteiger partial charge in [0, 0.05) is 13.6 Å². The summed E-state index contributed by atoms with van der Waals surface area (Å²) in [7, 11) is 1.69. The molecular weight excluding hydrogens is 342 g/mol. The zero-order chi connectivity index (χ0) is 19.6. The minimum absolute atomic E-state index is 0.0203. The van der Waals surface area contributed by atoms with E-state index in [-0.39, 0.29) is 18.2 Å². The molecule has 27 heavy (non-hydrogen) atoms. The minimum Gasteiger partial charge on any atom is -0.394 e. The Morgan fingerprint density at radius 3 is 2.52 bits per heavy atom. The van der Waals surface area contributed by atoms with Crippen molar-refractivity contribution in [1.82, 2.24) is 19.1 Å². The molecule has 3 rings (SSSR count). The Labute approximate surface area is 158 Å². The third-order valence-electron chi connectivity index (χ3n) is 4.67. The molecule has 2 heterocycles. The number of imidazole rings is 1. The van der Waals surface area contributed by atoms with Crippen LogP contribution in [0.1, 0.15) is 31.7 Å². The fourth-order valence-corrected chi connectivity index (χ4v) is 3.29. The van der Waals surface area contributed by atoms with Gasteiger partial charge in [0.2, 0.25) is 5.95 Å². The van der Waals surface area contributed by atoms with E-state index in [1.165, 1.54) is 4.57 Å². The number of nitrogens with zero attached hydrogens (tertiary/aromatic N) is 4. The fourth-order valence-electron chi connectivity index (χ4n) is 3.29. The first kappa shape index (κ1) is 19.1. The highest BCUT2D eigenvalue weighted by Gasteiger charge is 2.19. The van der Waals surface area contributed by atoms with Crippen LogP contribution in [0, 0.1) is 12.8 Å². The van der Waals surface area contributed by atoms with Crippen LogP contribution in [0.4, 0.5) is 5.95 Å². The highest BCUT2D eigenvalue weighted by Crippen LogP contribution is 2.16. The molecule has 1 atom stereocenters. The first-order valence-corrected chi connectivity index (χ1v) is 9.26. The van der Waals surface area contributed by atoms with Gasteiger partial charge < -0.3 is 15.0 Å². The van der Waals surface area contributed by atoms with Gasteiger partial charge in [0.1, 0.15) is 5.82 Å². The summed E-state index contributed by atoms with van der Waals surface area (Å²) in [4.78, 5) is 22.1. The van der Waals surface area contributed by atoms with Gasteiger partial charge in [-0.3, -0.25) is 9.36 Å². The standard InChI is InChI=1S/C20H27N5O2/c1-13(2)10-16(12-26)22-20-23-18-17(19(27)24(20)4)25(14(3)21-18)11-15-8-6-5-7-9-15/h5-9,13,16,26H,10-12H2,1-4H3,(H,22,23). The van der Waals surface area contributed by atoms with Crippen molar-refractivity contribution in [3.63, 3.8) is 0 Å². The molecule has 1 unspecified atom stereocenters. The second-order valence-corrected chi connectivity index (χ2v) is 7.36. The van der Waals surface area contributed by atoms with Gasteiger partial charge in [-0.15, -0.1) is 0 Å². The Hall–Kier alpha value is -2.67. The average Bonchev–Trinajstić information content (AvgIpc) is 2.94. The molecule has 2 N–H and O–H groups in total. The molecule has 0 radical (unpaired) electrons. The number of aryl methyl sites for hydroxylation is 1. The lowest BCUT2D eigenvalue weighted by molar-refractivity contribution is 0.258. The first-order valence-electron chi connectivity index (χ1n) is 9.26. The van der Waals surface area contributed by atoms with Crippen LogP contribution in [0.3, 0.4) is 0 Å². The summed E-state index contributed by atoms with van der Waals surface area (Å²) in [5.41, 5.74) is 1.87. The summed E-state index contributed by atoms with van der Waals surface area (Å²) in [6.07, 6.45) is 0.784. The molecule has 7 heteroatoms. The predicted molar refractivity (Wildman–Crippen MR) is 107 cm³/mol. The molecule has 0 saturated carbocycles. The Morgan fingerprint density at radius 2 is 1.89 bits per heavy atom. The van der Waals surface area contributed by atoms with E-state index in [0.29, 0.717) is 29.6 Å². The Balaban J connectivity index is 2.02. The average molecular weight is 369 g/mol. The first-order chi connectivity index (χ1) is 12.9. The topological polar surface area (TPSA) is 85.0 Å². The molecule has 0 saturated heterocycles. The van der Waals surface area contributed by atoms with Crippen LogP contribution in [0.15, 0.2) is 35.1 Å². The largest absolute Gasteiger partial charge is 0.394 e. The molecule has 144 valence electrons. The summed E-state index contributed by atoms with van der Waals surface area (Å²) in [6, 6.07) is 9.81. The maximum atomic E-state index is 13.0. The van der Waals surface area contributed by atoms with E-state index in [1.807, 2.05) is 41.8 Å². The van der Waals surface area contributed by atoms with Crippen LogP contribution in [-0.2, 0) is 13.6 Å².